The molecule has 2 rings (SSSR count). The maximum atomic E-state index is 11.6. The number of urea groups is 1. The summed E-state index contributed by atoms with van der Waals surface area (Å²) in [6.45, 7) is 3.90. The number of nitrogens with zero attached hydrogens (tertiary/aromatic N) is 1. The highest BCUT2D eigenvalue weighted by atomic mass is 16.2. The molecule has 0 bridgehead atoms. The van der Waals surface area contributed by atoms with Gasteiger partial charge in [0, 0.05) is 25.2 Å². The molecule has 5 nitrogen and oxygen atoms in total. The fourth-order valence-corrected chi connectivity index (χ4v) is 2.80. The van der Waals surface area contributed by atoms with E-state index in [1.54, 1.807) is 0 Å². The number of rotatable bonds is 2. The van der Waals surface area contributed by atoms with Gasteiger partial charge in [-0.15, -0.1) is 0 Å². The van der Waals surface area contributed by atoms with Crippen LogP contribution in [0.2, 0.25) is 0 Å². The van der Waals surface area contributed by atoms with E-state index in [2.05, 4.69) is 10.6 Å². The van der Waals surface area contributed by atoms with E-state index in [-0.39, 0.29) is 18.1 Å². The number of amides is 2. The molecule has 2 aliphatic heterocycles. The summed E-state index contributed by atoms with van der Waals surface area (Å²) >= 11 is 0. The molecule has 0 aromatic carbocycles. The molecule has 2 amide bonds. The van der Waals surface area contributed by atoms with Crippen LogP contribution in [0, 0.1) is 0 Å². The van der Waals surface area contributed by atoms with Crippen molar-refractivity contribution in [2.24, 2.45) is 5.73 Å². The molecule has 0 radical (unpaired) electrons. The lowest BCUT2D eigenvalue weighted by Gasteiger charge is -2.40. The van der Waals surface area contributed by atoms with Crippen molar-refractivity contribution in [3.8, 4) is 0 Å². The van der Waals surface area contributed by atoms with E-state index in [1.807, 2.05) is 4.90 Å². The van der Waals surface area contributed by atoms with Crippen molar-refractivity contribution in [3.63, 3.8) is 0 Å². The molecule has 92 valence electrons. The van der Waals surface area contributed by atoms with E-state index in [9.17, 15) is 4.79 Å². The lowest BCUT2D eigenvalue weighted by molar-refractivity contribution is 0.122. The highest BCUT2D eigenvalue weighted by Crippen LogP contribution is 2.18. The topological polar surface area (TPSA) is 70.4 Å². The molecule has 0 aromatic heterocycles. The largest absolute Gasteiger partial charge is 0.351 e. The molecule has 2 aliphatic rings. The number of hydrogen-bond acceptors (Lipinski definition) is 3. The molecule has 5 heteroatoms. The van der Waals surface area contributed by atoms with E-state index >= 15 is 0 Å². The van der Waals surface area contributed by atoms with Gasteiger partial charge >= 0.3 is 6.03 Å². The molecule has 16 heavy (non-hydrogen) atoms. The quantitative estimate of drug-likeness (QED) is 0.614. The van der Waals surface area contributed by atoms with Gasteiger partial charge in [-0.1, -0.05) is 0 Å². The molecule has 2 atom stereocenters. The number of carbonyl (C=O) groups excluding carboxylic acids is 1. The summed E-state index contributed by atoms with van der Waals surface area (Å²) in [5.41, 5.74) is 5.53. The van der Waals surface area contributed by atoms with Gasteiger partial charge in [-0.25, -0.2) is 4.79 Å². The summed E-state index contributed by atoms with van der Waals surface area (Å²) in [6, 6.07) is 0.315. The van der Waals surface area contributed by atoms with Crippen molar-refractivity contribution in [1.82, 2.24) is 15.5 Å². The van der Waals surface area contributed by atoms with Gasteiger partial charge < -0.3 is 21.3 Å². The first-order valence-electron chi connectivity index (χ1n) is 6.28. The highest BCUT2D eigenvalue weighted by Gasteiger charge is 2.30. The zero-order valence-corrected chi connectivity index (χ0v) is 9.74. The van der Waals surface area contributed by atoms with Crippen LogP contribution in [0.15, 0.2) is 0 Å². The smallest absolute Gasteiger partial charge is 0.315 e. The van der Waals surface area contributed by atoms with E-state index in [1.165, 1.54) is 0 Å². The van der Waals surface area contributed by atoms with E-state index in [4.69, 9.17) is 5.73 Å². The molecule has 2 unspecified atom stereocenters. The van der Waals surface area contributed by atoms with Gasteiger partial charge in [0.15, 0.2) is 0 Å². The van der Waals surface area contributed by atoms with Gasteiger partial charge in [-0.2, -0.15) is 0 Å². The molecule has 2 saturated heterocycles. The fourth-order valence-electron chi connectivity index (χ4n) is 2.80. The lowest BCUT2D eigenvalue weighted by atomic mass is 10.00. The van der Waals surface area contributed by atoms with Gasteiger partial charge in [0.1, 0.15) is 0 Å². The number of nitrogens with one attached hydrogen (secondary N) is 2. The van der Waals surface area contributed by atoms with Crippen molar-refractivity contribution in [2.45, 2.75) is 37.8 Å². The maximum absolute atomic E-state index is 11.6. The van der Waals surface area contributed by atoms with Crippen LogP contribution >= 0.6 is 0 Å². The first-order chi connectivity index (χ1) is 7.79. The lowest BCUT2D eigenvalue weighted by Crippen LogP contribution is -2.58. The Bertz CT molecular complexity index is 216. The zero-order valence-electron chi connectivity index (χ0n) is 9.74. The molecule has 0 saturated carbocycles. The Morgan fingerprint density at radius 2 is 1.56 bits per heavy atom. The van der Waals surface area contributed by atoms with Crippen LogP contribution < -0.4 is 16.4 Å². The van der Waals surface area contributed by atoms with Crippen molar-refractivity contribution in [2.75, 3.05) is 26.2 Å². The van der Waals surface area contributed by atoms with E-state index < -0.39 is 0 Å². The Balaban J connectivity index is 1.99. The van der Waals surface area contributed by atoms with Gasteiger partial charge in [-0.3, -0.25) is 0 Å². The minimum Gasteiger partial charge on any atom is -0.351 e. The summed E-state index contributed by atoms with van der Waals surface area (Å²) in [6.07, 6.45) is 4.42. The second-order valence-corrected chi connectivity index (χ2v) is 4.75. The third-order valence-corrected chi connectivity index (χ3v) is 3.58. The van der Waals surface area contributed by atoms with Crippen molar-refractivity contribution in [1.29, 1.82) is 0 Å². The third kappa shape index (κ3) is 2.65. The minimum absolute atomic E-state index is 0.262. The SMILES string of the molecule is NC(=O)N(C1CCCNC1)C1CCCNC1. The number of piperidine rings is 2. The molecule has 0 aromatic rings. The molecule has 0 aliphatic carbocycles. The molecule has 0 spiro atoms. The van der Waals surface area contributed by atoms with Crippen LogP contribution in [-0.2, 0) is 0 Å². The molecule has 2 fully saturated rings. The van der Waals surface area contributed by atoms with Gasteiger partial charge in [0.05, 0.1) is 0 Å². The first-order valence-corrected chi connectivity index (χ1v) is 6.28. The molecule has 2 heterocycles. The van der Waals surface area contributed by atoms with E-state index in [0.29, 0.717) is 0 Å². The average Bonchev–Trinajstić information content (AvgIpc) is 2.31. The van der Waals surface area contributed by atoms with E-state index in [0.717, 1.165) is 51.9 Å². The standard InChI is InChI=1S/C11H22N4O/c12-11(16)15(9-3-1-5-13-7-9)10-4-2-6-14-8-10/h9-10,13-14H,1-8H2,(H2,12,16). The zero-order chi connectivity index (χ0) is 11.4. The predicted octanol–water partition coefficient (Wildman–Crippen LogP) is -0.129. The van der Waals surface area contributed by atoms with Crippen LogP contribution in [0.4, 0.5) is 4.79 Å². The Kier molecular flexibility index (Phi) is 4.01. The number of hydrogen-bond donors (Lipinski definition) is 3. The Morgan fingerprint density at radius 1 is 1.06 bits per heavy atom. The summed E-state index contributed by atoms with van der Waals surface area (Å²) in [7, 11) is 0. The van der Waals surface area contributed by atoms with Crippen LogP contribution in [-0.4, -0.2) is 49.2 Å². The Labute approximate surface area is 96.7 Å². The van der Waals surface area contributed by atoms with Gasteiger partial charge in [0.25, 0.3) is 0 Å². The van der Waals surface area contributed by atoms with Crippen LogP contribution in [0.1, 0.15) is 25.7 Å². The summed E-state index contributed by atoms with van der Waals surface area (Å²) in [5, 5.41) is 6.68. The van der Waals surface area contributed by atoms with Crippen LogP contribution in [0.5, 0.6) is 0 Å². The van der Waals surface area contributed by atoms with Crippen molar-refractivity contribution >= 4 is 6.03 Å². The second kappa shape index (κ2) is 5.50. The third-order valence-electron chi connectivity index (χ3n) is 3.58. The summed E-state index contributed by atoms with van der Waals surface area (Å²) in [4.78, 5) is 13.5. The van der Waals surface area contributed by atoms with Gasteiger partial charge in [-0.05, 0) is 38.8 Å². The second-order valence-electron chi connectivity index (χ2n) is 4.75. The number of primary amides is 1. The average molecular weight is 226 g/mol. The van der Waals surface area contributed by atoms with Crippen LogP contribution in [0.25, 0.3) is 0 Å². The highest BCUT2D eigenvalue weighted by molar-refractivity contribution is 5.73. The first kappa shape index (κ1) is 11.7. The summed E-state index contributed by atoms with van der Waals surface area (Å²) < 4.78 is 0. The predicted molar refractivity (Wildman–Crippen MR) is 63.2 cm³/mol. The molecular weight excluding hydrogens is 204 g/mol. The molecular formula is C11H22N4O. The maximum Gasteiger partial charge on any atom is 0.315 e. The Hall–Kier alpha value is -0.810. The molecule has 4 N–H and O–H groups in total. The normalized spacial score (nSPS) is 31.0. The van der Waals surface area contributed by atoms with Crippen LogP contribution in [0.3, 0.4) is 0 Å². The van der Waals surface area contributed by atoms with Crippen molar-refractivity contribution < 1.29 is 4.79 Å². The summed E-state index contributed by atoms with van der Waals surface area (Å²) in [5.74, 6) is 0. The number of nitrogens with two attached hydrogens (primary N) is 1. The number of carbonyl (C=O) groups is 1. The van der Waals surface area contributed by atoms with Gasteiger partial charge in [0.2, 0.25) is 0 Å². The fraction of sp³-hybridized carbons (Fsp3) is 0.909. The monoisotopic (exact) mass is 226 g/mol. The van der Waals surface area contributed by atoms with Crippen molar-refractivity contribution in [3.05, 3.63) is 0 Å². The minimum atomic E-state index is -0.262. The Morgan fingerprint density at radius 3 is 1.88 bits per heavy atom.